The van der Waals surface area contributed by atoms with Crippen LogP contribution >= 0.6 is 0 Å². The number of aliphatic hydroxyl groups is 1. The van der Waals surface area contributed by atoms with Gasteiger partial charge in [-0.25, -0.2) is 5.48 Å². The summed E-state index contributed by atoms with van der Waals surface area (Å²) >= 11 is 0. The highest BCUT2D eigenvalue weighted by atomic mass is 16.5. The predicted octanol–water partition coefficient (Wildman–Crippen LogP) is 2.62. The Morgan fingerprint density at radius 2 is 1.66 bits per heavy atom. The van der Waals surface area contributed by atoms with Crippen LogP contribution in [0.1, 0.15) is 48.5 Å². The van der Waals surface area contributed by atoms with Gasteiger partial charge in [-0.05, 0) is 66.8 Å². The van der Waals surface area contributed by atoms with E-state index >= 15 is 0 Å². The molecular formula is C25H31N3O4. The molecule has 0 spiro atoms. The first kappa shape index (κ1) is 22.5. The second kappa shape index (κ2) is 9.81. The molecule has 0 saturated heterocycles. The van der Waals surface area contributed by atoms with Crippen LogP contribution in [0.5, 0.6) is 0 Å². The number of benzene rings is 2. The van der Waals surface area contributed by atoms with Crippen molar-refractivity contribution in [2.75, 3.05) is 0 Å². The summed E-state index contributed by atoms with van der Waals surface area (Å²) < 4.78 is 0. The largest absolute Gasteiger partial charge is 0.391 e. The monoisotopic (exact) mass is 437 g/mol. The number of rotatable bonds is 8. The molecule has 170 valence electrons. The molecule has 2 bridgehead atoms. The van der Waals surface area contributed by atoms with Crippen LogP contribution in [-0.4, -0.2) is 40.3 Å². The van der Waals surface area contributed by atoms with E-state index in [9.17, 15) is 14.7 Å². The molecule has 2 amide bonds. The Labute approximate surface area is 188 Å². The zero-order valence-electron chi connectivity index (χ0n) is 18.3. The standard InChI is InChI=1S/C25H31N3O4/c1-15(29)23(25(31)28-32)27-24(30)20-10-8-19(9-11-20)18-5-2-16(3-6-18)14-26-22-13-17-4-7-21(22)12-17/h2-3,5-6,8-11,15,17,21-23,26,29,32H,4,7,12-14H2,1H3,(H,27,30)(H,28,31)/t15-,17-,21-,22-,23+/m1/s1. The van der Waals surface area contributed by atoms with E-state index in [-0.39, 0.29) is 0 Å². The lowest BCUT2D eigenvalue weighted by Crippen LogP contribution is -2.51. The Morgan fingerprint density at radius 3 is 2.19 bits per heavy atom. The van der Waals surface area contributed by atoms with Gasteiger partial charge in [0, 0.05) is 18.2 Å². The first-order valence-electron chi connectivity index (χ1n) is 11.3. The minimum absolute atomic E-state index is 0.358. The van der Waals surface area contributed by atoms with Crippen molar-refractivity contribution in [3.63, 3.8) is 0 Å². The van der Waals surface area contributed by atoms with Crippen LogP contribution in [0.3, 0.4) is 0 Å². The van der Waals surface area contributed by atoms with Crippen molar-refractivity contribution in [3.05, 3.63) is 59.7 Å². The summed E-state index contributed by atoms with van der Waals surface area (Å²) in [7, 11) is 0. The molecule has 2 aromatic rings. The van der Waals surface area contributed by atoms with Crippen molar-refractivity contribution in [1.82, 2.24) is 16.1 Å². The maximum absolute atomic E-state index is 12.4. The van der Waals surface area contributed by atoms with Crippen LogP contribution < -0.4 is 16.1 Å². The van der Waals surface area contributed by atoms with E-state index < -0.39 is 24.0 Å². The molecule has 2 aliphatic carbocycles. The summed E-state index contributed by atoms with van der Waals surface area (Å²) in [6, 6.07) is 14.9. The third-order valence-corrected chi connectivity index (χ3v) is 6.90. The third kappa shape index (κ3) is 5.01. The first-order valence-corrected chi connectivity index (χ1v) is 11.3. The molecule has 7 heteroatoms. The Bertz CT molecular complexity index is 943. The zero-order valence-corrected chi connectivity index (χ0v) is 18.3. The van der Waals surface area contributed by atoms with Gasteiger partial charge in [-0.1, -0.05) is 42.8 Å². The molecule has 2 aliphatic rings. The van der Waals surface area contributed by atoms with Crippen LogP contribution in [0.2, 0.25) is 0 Å². The highest BCUT2D eigenvalue weighted by Crippen LogP contribution is 2.44. The lowest BCUT2D eigenvalue weighted by Gasteiger charge is -2.23. The fourth-order valence-electron chi connectivity index (χ4n) is 5.07. The summed E-state index contributed by atoms with van der Waals surface area (Å²) in [5.41, 5.74) is 5.11. The minimum atomic E-state index is -1.24. The molecular weight excluding hydrogens is 406 g/mol. The molecule has 2 saturated carbocycles. The van der Waals surface area contributed by atoms with Crippen molar-refractivity contribution in [2.24, 2.45) is 11.8 Å². The Balaban J connectivity index is 1.34. The number of hydroxylamine groups is 1. The summed E-state index contributed by atoms with van der Waals surface area (Å²) in [4.78, 5) is 24.0. The highest BCUT2D eigenvalue weighted by molar-refractivity contribution is 5.97. The fourth-order valence-corrected chi connectivity index (χ4v) is 5.07. The maximum atomic E-state index is 12.4. The second-order valence-electron chi connectivity index (χ2n) is 9.10. The van der Waals surface area contributed by atoms with Crippen LogP contribution in [-0.2, 0) is 11.3 Å². The molecule has 0 radical (unpaired) electrons. The van der Waals surface area contributed by atoms with E-state index in [1.54, 1.807) is 12.1 Å². The van der Waals surface area contributed by atoms with Crippen molar-refractivity contribution >= 4 is 11.8 Å². The number of hydrogen-bond donors (Lipinski definition) is 5. The van der Waals surface area contributed by atoms with Gasteiger partial charge in [0.25, 0.3) is 11.8 Å². The van der Waals surface area contributed by atoms with E-state index in [4.69, 9.17) is 5.21 Å². The number of carbonyl (C=O) groups is 2. The van der Waals surface area contributed by atoms with E-state index in [0.717, 1.165) is 29.5 Å². The summed E-state index contributed by atoms with van der Waals surface area (Å²) in [5, 5.41) is 24.6. The number of nitrogens with one attached hydrogen (secondary N) is 3. The van der Waals surface area contributed by atoms with Gasteiger partial charge in [0.1, 0.15) is 6.04 Å². The number of aliphatic hydroxyl groups excluding tert-OH is 1. The number of hydrogen-bond acceptors (Lipinski definition) is 5. The highest BCUT2D eigenvalue weighted by Gasteiger charge is 2.38. The van der Waals surface area contributed by atoms with E-state index in [0.29, 0.717) is 11.6 Å². The first-order chi connectivity index (χ1) is 15.4. The average Bonchev–Trinajstić information content (AvgIpc) is 3.44. The van der Waals surface area contributed by atoms with Gasteiger partial charge in [0.15, 0.2) is 0 Å². The molecule has 0 aliphatic heterocycles. The number of carbonyl (C=O) groups excluding carboxylic acids is 2. The Kier molecular flexibility index (Phi) is 6.89. The van der Waals surface area contributed by atoms with Crippen molar-refractivity contribution in [2.45, 2.75) is 57.3 Å². The molecule has 5 atom stereocenters. The Morgan fingerprint density at radius 1 is 1.00 bits per heavy atom. The molecule has 4 rings (SSSR count). The predicted molar refractivity (Wildman–Crippen MR) is 121 cm³/mol. The second-order valence-corrected chi connectivity index (χ2v) is 9.10. The average molecular weight is 438 g/mol. The van der Waals surface area contributed by atoms with Crippen LogP contribution in [0.15, 0.2) is 48.5 Å². The van der Waals surface area contributed by atoms with Crippen LogP contribution in [0.25, 0.3) is 11.1 Å². The van der Waals surface area contributed by atoms with Gasteiger partial charge in [-0.15, -0.1) is 0 Å². The van der Waals surface area contributed by atoms with Gasteiger partial charge in [0.2, 0.25) is 0 Å². The van der Waals surface area contributed by atoms with Crippen molar-refractivity contribution in [1.29, 1.82) is 0 Å². The molecule has 2 aromatic carbocycles. The topological polar surface area (TPSA) is 111 Å². The van der Waals surface area contributed by atoms with E-state index in [2.05, 4.69) is 34.9 Å². The van der Waals surface area contributed by atoms with Crippen LogP contribution in [0, 0.1) is 11.8 Å². The molecule has 0 aromatic heterocycles. The van der Waals surface area contributed by atoms with Crippen LogP contribution in [0.4, 0.5) is 0 Å². The zero-order chi connectivity index (χ0) is 22.7. The minimum Gasteiger partial charge on any atom is -0.391 e. The molecule has 5 N–H and O–H groups in total. The van der Waals surface area contributed by atoms with Gasteiger partial charge in [0.05, 0.1) is 6.10 Å². The smallest absolute Gasteiger partial charge is 0.268 e. The fraction of sp³-hybridized carbons (Fsp3) is 0.440. The van der Waals surface area contributed by atoms with E-state index in [1.165, 1.54) is 43.7 Å². The SMILES string of the molecule is C[C@@H](O)[C@H](NC(=O)c1ccc(-c2ccc(CN[C@@H]3C[C@@H]4CC[C@@H]3C4)cc2)cc1)C(=O)NO. The number of fused-ring (bicyclic) bond motifs is 2. The van der Waals surface area contributed by atoms with Crippen molar-refractivity contribution in [3.8, 4) is 11.1 Å². The van der Waals surface area contributed by atoms with E-state index in [1.807, 2.05) is 12.1 Å². The normalized spacial score (nSPS) is 23.5. The van der Waals surface area contributed by atoms with Gasteiger partial charge < -0.3 is 15.7 Å². The quantitative estimate of drug-likeness (QED) is 0.322. The lowest BCUT2D eigenvalue weighted by molar-refractivity contribution is -0.133. The van der Waals surface area contributed by atoms with Crippen molar-refractivity contribution < 1.29 is 19.9 Å². The molecule has 32 heavy (non-hydrogen) atoms. The summed E-state index contributed by atoms with van der Waals surface area (Å²) in [5.74, 6) is 0.423. The summed E-state index contributed by atoms with van der Waals surface area (Å²) in [6.07, 6.45) is 4.37. The maximum Gasteiger partial charge on any atom is 0.268 e. The van der Waals surface area contributed by atoms with Gasteiger partial charge >= 0.3 is 0 Å². The van der Waals surface area contributed by atoms with Gasteiger partial charge in [-0.2, -0.15) is 0 Å². The Hall–Kier alpha value is -2.74. The lowest BCUT2D eigenvalue weighted by atomic mass is 9.95. The molecule has 2 fully saturated rings. The molecule has 7 nitrogen and oxygen atoms in total. The summed E-state index contributed by atoms with van der Waals surface area (Å²) in [6.45, 7) is 2.25. The van der Waals surface area contributed by atoms with Gasteiger partial charge in [-0.3, -0.25) is 14.8 Å². The number of amides is 2. The molecule has 0 heterocycles. The third-order valence-electron chi connectivity index (χ3n) is 6.90. The molecule has 0 unspecified atom stereocenters.